The van der Waals surface area contributed by atoms with Gasteiger partial charge in [0.1, 0.15) is 12.3 Å². The Morgan fingerprint density at radius 1 is 1.27 bits per heavy atom. The van der Waals surface area contributed by atoms with Gasteiger partial charge in [-0.1, -0.05) is 23.9 Å². The molecular weight excluding hydrogens is 358 g/mol. The number of benzene rings is 1. The summed E-state index contributed by atoms with van der Waals surface area (Å²) in [4.78, 5) is 24.0. The first kappa shape index (κ1) is 17.7. The minimum absolute atomic E-state index is 0.0774. The largest absolute Gasteiger partial charge is 0.467 e. The summed E-state index contributed by atoms with van der Waals surface area (Å²) < 4.78 is 11.5. The molecule has 1 aromatic carbocycles. The number of amides is 1. The van der Waals surface area contributed by atoms with Gasteiger partial charge in [0, 0.05) is 0 Å². The summed E-state index contributed by atoms with van der Waals surface area (Å²) in [5.41, 5.74) is 0.677. The predicted molar refractivity (Wildman–Crippen MR) is 92.8 cm³/mol. The maximum atomic E-state index is 12.2. The highest BCUT2D eigenvalue weighted by Crippen LogP contribution is 2.19. The molecule has 0 saturated heterocycles. The Morgan fingerprint density at radius 3 is 2.88 bits per heavy atom. The normalized spacial score (nSPS) is 10.5. The number of carbonyl (C=O) groups excluding carboxylic acids is 2. The molecule has 2 aromatic heterocycles. The zero-order valence-corrected chi connectivity index (χ0v) is 14.6. The van der Waals surface area contributed by atoms with Gasteiger partial charge >= 0.3 is 5.97 Å². The van der Waals surface area contributed by atoms with Crippen LogP contribution in [0.15, 0.2) is 52.2 Å². The van der Waals surface area contributed by atoms with Crippen molar-refractivity contribution in [1.29, 1.82) is 0 Å². The molecule has 3 aromatic rings. The predicted octanol–water partition coefficient (Wildman–Crippen LogP) is 1.83. The number of para-hydroxylation sites is 1. The number of esters is 1. The summed E-state index contributed by atoms with van der Waals surface area (Å²) in [5, 5.41) is 14.6. The van der Waals surface area contributed by atoms with E-state index in [4.69, 9.17) is 9.15 Å². The van der Waals surface area contributed by atoms with Crippen molar-refractivity contribution in [2.75, 3.05) is 18.2 Å². The Labute approximate surface area is 152 Å². The van der Waals surface area contributed by atoms with Gasteiger partial charge in [-0.25, -0.2) is 9.48 Å². The fourth-order valence-electron chi connectivity index (χ4n) is 2.15. The monoisotopic (exact) mass is 373 g/mol. The van der Waals surface area contributed by atoms with Gasteiger partial charge in [-0.2, -0.15) is 0 Å². The van der Waals surface area contributed by atoms with E-state index < -0.39 is 5.97 Å². The van der Waals surface area contributed by atoms with E-state index in [-0.39, 0.29) is 17.2 Å². The number of furan rings is 1. The molecule has 0 saturated carbocycles. The molecule has 10 heteroatoms. The van der Waals surface area contributed by atoms with Gasteiger partial charge in [-0.15, -0.1) is 5.10 Å². The van der Waals surface area contributed by atoms with Crippen LogP contribution in [-0.2, 0) is 16.1 Å². The third-order valence-corrected chi connectivity index (χ3v) is 4.28. The van der Waals surface area contributed by atoms with E-state index in [1.54, 1.807) is 41.3 Å². The maximum Gasteiger partial charge on any atom is 0.339 e. The third-order valence-electron chi connectivity index (χ3n) is 3.32. The second kappa shape index (κ2) is 8.30. The second-order valence-corrected chi connectivity index (χ2v) is 6.01. The van der Waals surface area contributed by atoms with Gasteiger partial charge in [-0.3, -0.25) is 4.79 Å². The highest BCUT2D eigenvalue weighted by atomic mass is 32.2. The average Bonchev–Trinajstić information content (AvgIpc) is 3.32. The van der Waals surface area contributed by atoms with Gasteiger partial charge in [0.25, 0.3) is 0 Å². The van der Waals surface area contributed by atoms with Gasteiger partial charge in [0.2, 0.25) is 11.1 Å². The van der Waals surface area contributed by atoms with Crippen LogP contribution in [0.2, 0.25) is 0 Å². The summed E-state index contributed by atoms with van der Waals surface area (Å²) in [5.74, 6) is -0.0286. The van der Waals surface area contributed by atoms with Crippen molar-refractivity contribution < 1.29 is 18.7 Å². The van der Waals surface area contributed by atoms with Crippen molar-refractivity contribution >= 4 is 29.3 Å². The second-order valence-electron chi connectivity index (χ2n) is 5.07. The zero-order valence-electron chi connectivity index (χ0n) is 13.8. The molecule has 134 valence electrons. The molecule has 0 atom stereocenters. The number of anilines is 1. The summed E-state index contributed by atoms with van der Waals surface area (Å²) in [6, 6.07) is 10.2. The lowest BCUT2D eigenvalue weighted by atomic mass is 10.2. The van der Waals surface area contributed by atoms with E-state index in [2.05, 4.69) is 20.8 Å². The van der Waals surface area contributed by atoms with Crippen molar-refractivity contribution in [3.63, 3.8) is 0 Å². The van der Waals surface area contributed by atoms with Crippen LogP contribution in [0.25, 0.3) is 0 Å². The molecule has 3 rings (SSSR count). The van der Waals surface area contributed by atoms with Crippen LogP contribution in [-0.4, -0.2) is 44.9 Å². The Kier molecular flexibility index (Phi) is 5.64. The standard InChI is InChI=1S/C16H15N5O4S/c1-24-15(23)12-6-2-3-7-13(12)17-14(22)10-26-16-18-19-20-21(16)9-11-5-4-8-25-11/h2-8H,9-10H2,1H3,(H,17,22). The number of methoxy groups -OCH3 is 1. The van der Waals surface area contributed by atoms with Crippen LogP contribution in [0.4, 0.5) is 5.69 Å². The molecule has 1 amide bonds. The number of hydrogen-bond acceptors (Lipinski definition) is 8. The van der Waals surface area contributed by atoms with Crippen molar-refractivity contribution in [2.45, 2.75) is 11.7 Å². The molecule has 0 aliphatic carbocycles. The van der Waals surface area contributed by atoms with E-state index in [9.17, 15) is 9.59 Å². The Morgan fingerprint density at radius 2 is 2.12 bits per heavy atom. The van der Waals surface area contributed by atoms with Crippen molar-refractivity contribution in [3.8, 4) is 0 Å². The minimum atomic E-state index is -0.518. The zero-order chi connectivity index (χ0) is 18.4. The summed E-state index contributed by atoms with van der Waals surface area (Å²) in [7, 11) is 1.29. The van der Waals surface area contributed by atoms with Gasteiger partial charge in [-0.05, 0) is 34.7 Å². The van der Waals surface area contributed by atoms with Crippen molar-refractivity contribution in [1.82, 2.24) is 20.2 Å². The first-order chi connectivity index (χ1) is 12.7. The van der Waals surface area contributed by atoms with Crippen LogP contribution >= 0.6 is 11.8 Å². The fourth-order valence-corrected chi connectivity index (χ4v) is 2.82. The molecule has 0 radical (unpaired) electrons. The van der Waals surface area contributed by atoms with Gasteiger partial charge in [0.05, 0.1) is 30.4 Å². The number of hydrogen-bond donors (Lipinski definition) is 1. The smallest absolute Gasteiger partial charge is 0.339 e. The lowest BCUT2D eigenvalue weighted by Crippen LogP contribution is -2.17. The molecular formula is C16H15N5O4S. The molecule has 9 nitrogen and oxygen atoms in total. The van der Waals surface area contributed by atoms with Crippen molar-refractivity contribution in [3.05, 3.63) is 54.0 Å². The SMILES string of the molecule is COC(=O)c1ccccc1NC(=O)CSc1nnnn1Cc1ccco1. The third kappa shape index (κ3) is 4.28. The summed E-state index contributed by atoms with van der Waals surface area (Å²) >= 11 is 1.18. The minimum Gasteiger partial charge on any atom is -0.467 e. The quantitative estimate of drug-likeness (QED) is 0.493. The first-order valence-electron chi connectivity index (χ1n) is 7.56. The molecule has 0 fully saturated rings. The number of nitrogens with zero attached hydrogens (tertiary/aromatic N) is 4. The van der Waals surface area contributed by atoms with Crippen LogP contribution in [0.3, 0.4) is 0 Å². The van der Waals surface area contributed by atoms with Crippen LogP contribution < -0.4 is 5.32 Å². The molecule has 1 N–H and O–H groups in total. The van der Waals surface area contributed by atoms with E-state index in [1.807, 2.05) is 6.07 Å². The van der Waals surface area contributed by atoms with E-state index >= 15 is 0 Å². The fraction of sp³-hybridized carbons (Fsp3) is 0.188. The van der Waals surface area contributed by atoms with Gasteiger partial charge in [0.15, 0.2) is 0 Å². The highest BCUT2D eigenvalue weighted by Gasteiger charge is 2.15. The lowest BCUT2D eigenvalue weighted by molar-refractivity contribution is -0.113. The first-order valence-corrected chi connectivity index (χ1v) is 8.54. The van der Waals surface area contributed by atoms with E-state index in [0.717, 1.165) is 0 Å². The molecule has 0 aliphatic rings. The molecule has 0 unspecified atom stereocenters. The Hall–Kier alpha value is -3.14. The van der Waals surface area contributed by atoms with E-state index in [0.29, 0.717) is 23.1 Å². The highest BCUT2D eigenvalue weighted by molar-refractivity contribution is 7.99. The Balaban J connectivity index is 1.60. The summed E-state index contributed by atoms with van der Waals surface area (Å²) in [6.45, 7) is 0.370. The van der Waals surface area contributed by atoms with Crippen molar-refractivity contribution in [2.24, 2.45) is 0 Å². The molecule has 26 heavy (non-hydrogen) atoms. The number of tetrazole rings is 1. The molecule has 0 aliphatic heterocycles. The topological polar surface area (TPSA) is 112 Å². The van der Waals surface area contributed by atoms with E-state index in [1.165, 1.54) is 18.9 Å². The molecule has 0 bridgehead atoms. The number of ether oxygens (including phenoxy) is 1. The molecule has 2 heterocycles. The van der Waals surface area contributed by atoms with Gasteiger partial charge < -0.3 is 14.5 Å². The van der Waals surface area contributed by atoms with Crippen LogP contribution in [0.1, 0.15) is 16.1 Å². The molecule has 0 spiro atoms. The maximum absolute atomic E-state index is 12.2. The lowest BCUT2D eigenvalue weighted by Gasteiger charge is -2.09. The van der Waals surface area contributed by atoms with Crippen LogP contribution in [0, 0.1) is 0 Å². The Bertz CT molecular complexity index is 894. The number of aromatic nitrogens is 4. The average molecular weight is 373 g/mol. The number of nitrogens with one attached hydrogen (secondary N) is 1. The van der Waals surface area contributed by atoms with Crippen LogP contribution in [0.5, 0.6) is 0 Å². The number of carbonyl (C=O) groups is 2. The summed E-state index contributed by atoms with van der Waals surface area (Å²) in [6.07, 6.45) is 1.57. The number of rotatable bonds is 7. The number of thioether (sulfide) groups is 1.